The molecule has 1 aromatic carbocycles. The maximum absolute atomic E-state index is 6.17. The number of hydrogen-bond donors (Lipinski definition) is 0. The SMILES string of the molecule is CC(Br)c1ccc(C2CC2)cc1Cl. The standard InChI is InChI=1S/C11H12BrCl/c1-7(12)10-5-4-9(6-11(10)13)8-2-3-8/h4-8H,2-3H2,1H3. The van der Waals surface area contributed by atoms with Crippen molar-refractivity contribution in [2.75, 3.05) is 0 Å². The summed E-state index contributed by atoms with van der Waals surface area (Å²) < 4.78 is 0. The molecule has 0 N–H and O–H groups in total. The fourth-order valence-electron chi connectivity index (χ4n) is 1.54. The van der Waals surface area contributed by atoms with Crippen molar-refractivity contribution in [2.45, 2.75) is 30.5 Å². The minimum Gasteiger partial charge on any atom is -0.0841 e. The van der Waals surface area contributed by atoms with Crippen LogP contribution in [0.1, 0.15) is 41.6 Å². The van der Waals surface area contributed by atoms with Gasteiger partial charge in [0.2, 0.25) is 0 Å². The van der Waals surface area contributed by atoms with Gasteiger partial charge in [0.05, 0.1) is 0 Å². The van der Waals surface area contributed by atoms with Crippen molar-refractivity contribution < 1.29 is 0 Å². The van der Waals surface area contributed by atoms with Crippen LogP contribution >= 0.6 is 27.5 Å². The van der Waals surface area contributed by atoms with Crippen molar-refractivity contribution in [3.63, 3.8) is 0 Å². The molecule has 2 rings (SSSR count). The van der Waals surface area contributed by atoms with Crippen LogP contribution in [-0.2, 0) is 0 Å². The maximum atomic E-state index is 6.17. The summed E-state index contributed by atoms with van der Waals surface area (Å²) in [5, 5.41) is 0.897. The van der Waals surface area contributed by atoms with E-state index < -0.39 is 0 Å². The van der Waals surface area contributed by atoms with Crippen molar-refractivity contribution in [1.82, 2.24) is 0 Å². The van der Waals surface area contributed by atoms with E-state index in [9.17, 15) is 0 Å². The van der Waals surface area contributed by atoms with Crippen LogP contribution in [-0.4, -0.2) is 0 Å². The van der Waals surface area contributed by atoms with E-state index in [4.69, 9.17) is 11.6 Å². The molecule has 1 atom stereocenters. The molecule has 0 bridgehead atoms. The lowest BCUT2D eigenvalue weighted by Gasteiger charge is -2.08. The highest BCUT2D eigenvalue weighted by molar-refractivity contribution is 9.09. The van der Waals surface area contributed by atoms with E-state index in [1.807, 2.05) is 0 Å². The molecule has 0 aliphatic heterocycles. The van der Waals surface area contributed by atoms with Crippen LogP contribution in [0.3, 0.4) is 0 Å². The van der Waals surface area contributed by atoms with Gasteiger partial charge in [-0.1, -0.05) is 39.7 Å². The Bertz CT molecular complexity index is 316. The molecule has 1 aliphatic carbocycles. The molecule has 1 unspecified atom stereocenters. The fraction of sp³-hybridized carbons (Fsp3) is 0.455. The Morgan fingerprint density at radius 3 is 2.62 bits per heavy atom. The highest BCUT2D eigenvalue weighted by Crippen LogP contribution is 2.42. The van der Waals surface area contributed by atoms with Gasteiger partial charge >= 0.3 is 0 Å². The van der Waals surface area contributed by atoms with E-state index in [1.54, 1.807) is 0 Å². The molecule has 1 saturated carbocycles. The summed E-state index contributed by atoms with van der Waals surface area (Å²) in [5.74, 6) is 0.789. The Morgan fingerprint density at radius 1 is 1.46 bits per heavy atom. The smallest absolute Gasteiger partial charge is 0.0452 e. The summed E-state index contributed by atoms with van der Waals surface area (Å²) >= 11 is 9.69. The summed E-state index contributed by atoms with van der Waals surface area (Å²) in [6, 6.07) is 6.46. The van der Waals surface area contributed by atoms with Gasteiger partial charge in [-0.2, -0.15) is 0 Å². The Balaban J connectivity index is 2.31. The lowest BCUT2D eigenvalue weighted by Crippen LogP contribution is -1.87. The quantitative estimate of drug-likeness (QED) is 0.677. The summed E-state index contributed by atoms with van der Waals surface area (Å²) in [6.45, 7) is 2.10. The van der Waals surface area contributed by atoms with Crippen LogP contribution in [0.5, 0.6) is 0 Å². The Hall–Kier alpha value is -0.0100. The van der Waals surface area contributed by atoms with Gasteiger partial charge in [-0.15, -0.1) is 0 Å². The second kappa shape index (κ2) is 3.62. The molecule has 0 amide bonds. The molecule has 0 aromatic heterocycles. The first-order valence-electron chi connectivity index (χ1n) is 4.62. The maximum Gasteiger partial charge on any atom is 0.0452 e. The molecule has 2 heteroatoms. The van der Waals surface area contributed by atoms with Crippen LogP contribution < -0.4 is 0 Å². The zero-order valence-electron chi connectivity index (χ0n) is 7.56. The van der Waals surface area contributed by atoms with Gasteiger partial charge in [0.15, 0.2) is 0 Å². The van der Waals surface area contributed by atoms with Gasteiger partial charge in [-0.25, -0.2) is 0 Å². The number of benzene rings is 1. The van der Waals surface area contributed by atoms with Crippen molar-refractivity contribution >= 4 is 27.5 Å². The summed E-state index contributed by atoms with van der Waals surface area (Å²) in [5.41, 5.74) is 2.59. The molecule has 1 aromatic rings. The third-order valence-corrected chi connectivity index (χ3v) is 3.32. The number of alkyl halides is 1. The number of rotatable bonds is 2. The topological polar surface area (TPSA) is 0 Å². The predicted molar refractivity (Wildman–Crippen MR) is 60.8 cm³/mol. The van der Waals surface area contributed by atoms with Crippen molar-refractivity contribution in [2.24, 2.45) is 0 Å². The van der Waals surface area contributed by atoms with Crippen LogP contribution in [0.15, 0.2) is 18.2 Å². The van der Waals surface area contributed by atoms with E-state index in [1.165, 1.54) is 24.0 Å². The van der Waals surface area contributed by atoms with Crippen molar-refractivity contribution in [3.8, 4) is 0 Å². The van der Waals surface area contributed by atoms with Gasteiger partial charge in [0.1, 0.15) is 0 Å². The molecular weight excluding hydrogens is 247 g/mol. The van der Waals surface area contributed by atoms with E-state index >= 15 is 0 Å². The predicted octanol–water partition coefficient (Wildman–Crippen LogP) is 4.67. The van der Waals surface area contributed by atoms with Gasteiger partial charge in [-0.05, 0) is 42.9 Å². The number of halogens is 2. The minimum absolute atomic E-state index is 0.341. The third kappa shape index (κ3) is 2.08. The normalized spacial score (nSPS) is 18.7. The molecular formula is C11H12BrCl. The van der Waals surface area contributed by atoms with E-state index in [-0.39, 0.29) is 0 Å². The second-order valence-corrected chi connectivity index (χ2v) is 5.45. The zero-order chi connectivity index (χ0) is 9.42. The largest absolute Gasteiger partial charge is 0.0841 e. The lowest BCUT2D eigenvalue weighted by molar-refractivity contribution is 1.09. The molecule has 0 heterocycles. The fourth-order valence-corrected chi connectivity index (χ4v) is 2.42. The average Bonchev–Trinajstić information content (AvgIpc) is 2.85. The van der Waals surface area contributed by atoms with Gasteiger partial charge in [-0.3, -0.25) is 0 Å². The summed E-state index contributed by atoms with van der Waals surface area (Å²) in [6.07, 6.45) is 2.67. The van der Waals surface area contributed by atoms with Gasteiger partial charge < -0.3 is 0 Å². The molecule has 1 aliphatic rings. The molecule has 13 heavy (non-hydrogen) atoms. The second-order valence-electron chi connectivity index (χ2n) is 3.67. The first-order chi connectivity index (χ1) is 6.18. The third-order valence-electron chi connectivity index (χ3n) is 2.50. The van der Waals surface area contributed by atoms with Crippen LogP contribution in [0.25, 0.3) is 0 Å². The van der Waals surface area contributed by atoms with E-state index in [0.717, 1.165) is 10.9 Å². The van der Waals surface area contributed by atoms with Crippen LogP contribution in [0, 0.1) is 0 Å². The molecule has 70 valence electrons. The molecule has 1 fully saturated rings. The Kier molecular flexibility index (Phi) is 2.66. The highest BCUT2D eigenvalue weighted by atomic mass is 79.9. The summed E-state index contributed by atoms with van der Waals surface area (Å²) in [4.78, 5) is 0.341. The Labute approximate surface area is 92.4 Å². The molecule has 0 nitrogen and oxygen atoms in total. The zero-order valence-corrected chi connectivity index (χ0v) is 9.90. The monoisotopic (exact) mass is 258 g/mol. The van der Waals surface area contributed by atoms with Crippen LogP contribution in [0.2, 0.25) is 5.02 Å². The van der Waals surface area contributed by atoms with Crippen LogP contribution in [0.4, 0.5) is 0 Å². The lowest BCUT2D eigenvalue weighted by atomic mass is 10.1. The average molecular weight is 260 g/mol. The van der Waals surface area contributed by atoms with Gasteiger partial charge in [0, 0.05) is 9.85 Å². The molecule has 0 spiro atoms. The molecule has 0 saturated heterocycles. The first kappa shape index (κ1) is 9.54. The minimum atomic E-state index is 0.341. The van der Waals surface area contributed by atoms with Crippen molar-refractivity contribution in [3.05, 3.63) is 34.3 Å². The molecule has 0 radical (unpaired) electrons. The van der Waals surface area contributed by atoms with E-state index in [2.05, 4.69) is 41.1 Å². The number of hydrogen-bond acceptors (Lipinski definition) is 0. The van der Waals surface area contributed by atoms with E-state index in [0.29, 0.717) is 4.83 Å². The summed E-state index contributed by atoms with van der Waals surface area (Å²) in [7, 11) is 0. The Morgan fingerprint density at radius 2 is 2.15 bits per heavy atom. The van der Waals surface area contributed by atoms with Gasteiger partial charge in [0.25, 0.3) is 0 Å². The first-order valence-corrected chi connectivity index (χ1v) is 5.91. The van der Waals surface area contributed by atoms with Crippen molar-refractivity contribution in [1.29, 1.82) is 0 Å². The highest BCUT2D eigenvalue weighted by Gasteiger charge is 2.24.